The first-order chi connectivity index (χ1) is 10.3. The third-order valence-corrected chi connectivity index (χ3v) is 3.93. The predicted molar refractivity (Wildman–Crippen MR) is 84.4 cm³/mol. The maximum absolute atomic E-state index is 12.2. The Morgan fingerprint density at radius 2 is 1.95 bits per heavy atom. The lowest BCUT2D eigenvalue weighted by molar-refractivity contribution is -0.132. The van der Waals surface area contributed by atoms with Crippen LogP contribution in [0, 0.1) is 5.92 Å². The van der Waals surface area contributed by atoms with Crippen molar-refractivity contribution in [1.82, 2.24) is 10.2 Å². The minimum atomic E-state index is -0.259. The van der Waals surface area contributed by atoms with Crippen molar-refractivity contribution in [2.75, 3.05) is 13.7 Å². The molecule has 1 saturated heterocycles. The van der Waals surface area contributed by atoms with Crippen LogP contribution in [0.15, 0.2) is 24.3 Å². The average Bonchev–Trinajstić information content (AvgIpc) is 2.87. The third-order valence-electron chi connectivity index (χ3n) is 3.93. The van der Waals surface area contributed by atoms with Crippen LogP contribution >= 0.6 is 0 Å². The number of amides is 2. The molecule has 2 amide bonds. The minimum absolute atomic E-state index is 0.0529. The molecule has 2 rings (SSSR count). The Labute approximate surface area is 131 Å². The lowest BCUT2D eigenvalue weighted by Crippen LogP contribution is -2.43. The molecule has 0 unspecified atom stereocenters. The van der Waals surface area contributed by atoms with Crippen LogP contribution < -0.4 is 10.1 Å². The molecule has 0 bridgehead atoms. The van der Waals surface area contributed by atoms with Crippen LogP contribution in [0.4, 0.5) is 0 Å². The molecule has 0 aromatic heterocycles. The molecule has 1 aromatic carbocycles. The highest BCUT2D eigenvalue weighted by molar-refractivity contribution is 5.89. The van der Waals surface area contributed by atoms with Gasteiger partial charge in [-0.2, -0.15) is 0 Å². The number of hydrogen-bond acceptors (Lipinski definition) is 3. The van der Waals surface area contributed by atoms with Crippen LogP contribution in [0.2, 0.25) is 0 Å². The van der Waals surface area contributed by atoms with Crippen LogP contribution in [0.5, 0.6) is 5.75 Å². The number of ether oxygens (including phenoxy) is 1. The van der Waals surface area contributed by atoms with Gasteiger partial charge >= 0.3 is 0 Å². The van der Waals surface area contributed by atoms with Crippen molar-refractivity contribution in [3.05, 3.63) is 29.8 Å². The number of methoxy groups -OCH3 is 1. The highest BCUT2D eigenvalue weighted by atomic mass is 16.5. The number of benzene rings is 1. The Morgan fingerprint density at radius 1 is 1.32 bits per heavy atom. The van der Waals surface area contributed by atoms with Gasteiger partial charge in [0.25, 0.3) is 0 Å². The van der Waals surface area contributed by atoms with Gasteiger partial charge in [0.15, 0.2) is 0 Å². The molecule has 1 N–H and O–H groups in total. The minimum Gasteiger partial charge on any atom is -0.497 e. The average molecular weight is 304 g/mol. The Morgan fingerprint density at radius 3 is 2.45 bits per heavy atom. The van der Waals surface area contributed by atoms with E-state index in [1.807, 2.05) is 45.0 Å². The second-order valence-electron chi connectivity index (χ2n) is 6.64. The van der Waals surface area contributed by atoms with E-state index in [2.05, 4.69) is 5.32 Å². The summed E-state index contributed by atoms with van der Waals surface area (Å²) >= 11 is 0. The molecule has 1 aromatic rings. The molecule has 120 valence electrons. The molecule has 5 nitrogen and oxygen atoms in total. The molecule has 1 aliphatic rings. The summed E-state index contributed by atoms with van der Waals surface area (Å²) in [4.78, 5) is 26.0. The van der Waals surface area contributed by atoms with E-state index in [1.54, 1.807) is 12.0 Å². The van der Waals surface area contributed by atoms with Crippen molar-refractivity contribution in [3.63, 3.8) is 0 Å². The summed E-state index contributed by atoms with van der Waals surface area (Å²) in [5.74, 6) is 0.523. The van der Waals surface area contributed by atoms with Gasteiger partial charge in [-0.05, 0) is 38.5 Å². The van der Waals surface area contributed by atoms with Gasteiger partial charge in [0.2, 0.25) is 11.8 Å². The van der Waals surface area contributed by atoms with Gasteiger partial charge in [0.05, 0.1) is 13.0 Å². The van der Waals surface area contributed by atoms with E-state index in [1.165, 1.54) is 0 Å². The van der Waals surface area contributed by atoms with Crippen molar-refractivity contribution in [2.24, 2.45) is 5.92 Å². The Hall–Kier alpha value is -2.04. The van der Waals surface area contributed by atoms with Gasteiger partial charge in [0, 0.05) is 25.0 Å². The molecule has 22 heavy (non-hydrogen) atoms. The molecule has 0 spiro atoms. The van der Waals surface area contributed by atoms with Crippen molar-refractivity contribution in [3.8, 4) is 5.75 Å². The molecule has 0 saturated carbocycles. The smallest absolute Gasteiger partial charge is 0.225 e. The Kier molecular flexibility index (Phi) is 4.74. The zero-order valence-corrected chi connectivity index (χ0v) is 13.7. The maximum atomic E-state index is 12.2. The first kappa shape index (κ1) is 16.3. The maximum Gasteiger partial charge on any atom is 0.225 e. The van der Waals surface area contributed by atoms with E-state index < -0.39 is 0 Å². The standard InChI is InChI=1S/C17H24N2O3/c1-17(2,3)19-11-13(9-15(19)20)16(21)18-10-12-5-7-14(22-4)8-6-12/h5-8,13H,9-11H2,1-4H3,(H,18,21)/t13-/m1/s1. The molecule has 5 heteroatoms. The van der Waals surface area contributed by atoms with E-state index in [4.69, 9.17) is 4.74 Å². The molecule has 0 aliphatic carbocycles. The number of rotatable bonds is 4. The van der Waals surface area contributed by atoms with Gasteiger partial charge in [-0.1, -0.05) is 12.1 Å². The highest BCUT2D eigenvalue weighted by Crippen LogP contribution is 2.25. The molecular formula is C17H24N2O3. The predicted octanol–water partition coefficient (Wildman–Crippen LogP) is 1.96. The summed E-state index contributed by atoms with van der Waals surface area (Å²) in [5.41, 5.74) is 0.772. The van der Waals surface area contributed by atoms with Crippen molar-refractivity contribution >= 4 is 11.8 Å². The SMILES string of the molecule is COc1ccc(CNC(=O)[C@@H]2CC(=O)N(C(C)(C)C)C2)cc1. The molecule has 0 radical (unpaired) electrons. The first-order valence-electron chi connectivity index (χ1n) is 7.52. The largest absolute Gasteiger partial charge is 0.497 e. The van der Waals surface area contributed by atoms with Crippen LogP contribution in [0.1, 0.15) is 32.8 Å². The summed E-state index contributed by atoms with van der Waals surface area (Å²) in [7, 11) is 1.62. The van der Waals surface area contributed by atoms with Crippen molar-refractivity contribution in [1.29, 1.82) is 0 Å². The summed E-state index contributed by atoms with van der Waals surface area (Å²) in [6.07, 6.45) is 0.297. The quantitative estimate of drug-likeness (QED) is 0.925. The monoisotopic (exact) mass is 304 g/mol. The lowest BCUT2D eigenvalue weighted by atomic mass is 10.1. The van der Waals surface area contributed by atoms with Gasteiger partial charge < -0.3 is 15.0 Å². The molecule has 1 heterocycles. The number of carbonyl (C=O) groups excluding carboxylic acids is 2. The molecule has 1 aliphatic heterocycles. The number of nitrogens with zero attached hydrogens (tertiary/aromatic N) is 1. The van der Waals surface area contributed by atoms with Gasteiger partial charge in [-0.3, -0.25) is 9.59 Å². The zero-order valence-electron chi connectivity index (χ0n) is 13.7. The fourth-order valence-electron chi connectivity index (χ4n) is 2.61. The fourth-order valence-corrected chi connectivity index (χ4v) is 2.61. The lowest BCUT2D eigenvalue weighted by Gasteiger charge is -2.31. The van der Waals surface area contributed by atoms with E-state index >= 15 is 0 Å². The number of carbonyl (C=O) groups is 2. The Balaban J connectivity index is 1.89. The first-order valence-corrected chi connectivity index (χ1v) is 7.52. The van der Waals surface area contributed by atoms with E-state index in [9.17, 15) is 9.59 Å². The van der Waals surface area contributed by atoms with Crippen LogP contribution in [-0.4, -0.2) is 35.9 Å². The summed E-state index contributed by atoms with van der Waals surface area (Å²) in [6, 6.07) is 7.56. The summed E-state index contributed by atoms with van der Waals surface area (Å²) in [6.45, 7) is 6.92. The number of likely N-dealkylation sites (tertiary alicyclic amines) is 1. The second kappa shape index (κ2) is 6.38. The highest BCUT2D eigenvalue weighted by Gasteiger charge is 2.39. The van der Waals surface area contributed by atoms with Crippen molar-refractivity contribution in [2.45, 2.75) is 39.3 Å². The van der Waals surface area contributed by atoms with E-state index in [0.29, 0.717) is 19.5 Å². The Bertz CT molecular complexity index is 546. The molecule has 1 fully saturated rings. The number of nitrogens with one attached hydrogen (secondary N) is 1. The van der Waals surface area contributed by atoms with Gasteiger partial charge in [-0.25, -0.2) is 0 Å². The van der Waals surface area contributed by atoms with E-state index in [-0.39, 0.29) is 23.3 Å². The fraction of sp³-hybridized carbons (Fsp3) is 0.529. The summed E-state index contributed by atoms with van der Waals surface area (Å²) in [5, 5.41) is 2.91. The topological polar surface area (TPSA) is 58.6 Å². The van der Waals surface area contributed by atoms with Gasteiger partial charge in [-0.15, -0.1) is 0 Å². The van der Waals surface area contributed by atoms with Gasteiger partial charge in [0.1, 0.15) is 5.75 Å². The zero-order chi connectivity index (χ0) is 16.3. The van der Waals surface area contributed by atoms with Crippen LogP contribution in [-0.2, 0) is 16.1 Å². The third kappa shape index (κ3) is 3.78. The summed E-state index contributed by atoms with van der Waals surface area (Å²) < 4.78 is 5.10. The van der Waals surface area contributed by atoms with Crippen LogP contribution in [0.25, 0.3) is 0 Å². The normalized spacial score (nSPS) is 18.5. The second-order valence-corrected chi connectivity index (χ2v) is 6.64. The molecular weight excluding hydrogens is 280 g/mol. The molecule has 1 atom stereocenters. The van der Waals surface area contributed by atoms with E-state index in [0.717, 1.165) is 11.3 Å². The van der Waals surface area contributed by atoms with Crippen molar-refractivity contribution < 1.29 is 14.3 Å². The van der Waals surface area contributed by atoms with Crippen LogP contribution in [0.3, 0.4) is 0 Å². The number of hydrogen-bond donors (Lipinski definition) is 1.